The Morgan fingerprint density at radius 1 is 1.00 bits per heavy atom. The summed E-state index contributed by atoms with van der Waals surface area (Å²) in [6, 6.07) is 14.4. The van der Waals surface area contributed by atoms with E-state index < -0.39 is 11.4 Å². The van der Waals surface area contributed by atoms with Crippen LogP contribution >= 0.6 is 0 Å². The lowest BCUT2D eigenvalue weighted by Gasteiger charge is -2.50. The fourth-order valence-electron chi connectivity index (χ4n) is 6.69. The van der Waals surface area contributed by atoms with E-state index in [1.807, 2.05) is 39.0 Å². The van der Waals surface area contributed by atoms with Gasteiger partial charge in [0.1, 0.15) is 17.3 Å². The van der Waals surface area contributed by atoms with Crippen LogP contribution in [0, 0.1) is 16.7 Å². The van der Waals surface area contributed by atoms with Crippen LogP contribution in [0.3, 0.4) is 0 Å². The molecule has 1 fully saturated rings. The molecule has 0 saturated heterocycles. The number of hydrogen-bond donors (Lipinski definition) is 1. The Labute approximate surface area is 241 Å². The monoisotopic (exact) mass is 548 g/mol. The van der Waals surface area contributed by atoms with Crippen LogP contribution in [-0.4, -0.2) is 30.1 Å². The number of carbonyl (C=O) groups is 2. The number of Topliss-reactive ketones (excluding diaryl/α,β-unsaturated/α-hetero) is 1. The lowest BCUT2D eigenvalue weighted by atomic mass is 9.52. The first kappa shape index (κ1) is 31.4. The molecule has 2 aromatic carbocycles. The van der Waals surface area contributed by atoms with Crippen molar-refractivity contribution in [1.29, 1.82) is 0 Å². The second-order valence-electron chi connectivity index (χ2n) is 12.4. The molecule has 218 valence electrons. The van der Waals surface area contributed by atoms with Gasteiger partial charge in [-0.05, 0) is 93.0 Å². The number of carboxylic acid groups (broad SMARTS) is 1. The summed E-state index contributed by atoms with van der Waals surface area (Å²) in [4.78, 5) is 26.3. The molecule has 0 aromatic heterocycles. The number of carbonyl (C=O) groups excluding carboxylic acids is 1. The number of carboxylic acids is 1. The number of allylic oxidation sites excluding steroid dienone is 1. The molecule has 1 N–H and O–H groups in total. The third-order valence-corrected chi connectivity index (χ3v) is 8.33. The molecule has 5 heteroatoms. The second kappa shape index (κ2) is 13.5. The lowest BCUT2D eigenvalue weighted by molar-refractivity contribution is -0.167. The van der Waals surface area contributed by atoms with Crippen LogP contribution in [0.2, 0.25) is 0 Å². The molecule has 2 atom stereocenters. The van der Waals surface area contributed by atoms with Crippen molar-refractivity contribution in [1.82, 2.24) is 0 Å². The molecule has 40 heavy (non-hydrogen) atoms. The Kier molecular flexibility index (Phi) is 10.6. The van der Waals surface area contributed by atoms with E-state index in [1.165, 1.54) is 5.56 Å². The summed E-state index contributed by atoms with van der Waals surface area (Å²) in [5, 5.41) is 10.1. The van der Waals surface area contributed by atoms with Crippen molar-refractivity contribution in [2.24, 2.45) is 16.7 Å². The molecule has 2 unspecified atom stereocenters. The van der Waals surface area contributed by atoms with Crippen molar-refractivity contribution in [2.75, 3.05) is 13.2 Å². The van der Waals surface area contributed by atoms with Gasteiger partial charge in [-0.15, -0.1) is 0 Å². The first-order valence-electron chi connectivity index (χ1n) is 14.8. The molecule has 5 nitrogen and oxygen atoms in total. The Morgan fingerprint density at radius 2 is 1.57 bits per heavy atom. The molecule has 1 aliphatic carbocycles. The number of benzene rings is 2. The molecule has 2 aromatic rings. The highest BCUT2D eigenvalue weighted by Crippen LogP contribution is 2.57. The van der Waals surface area contributed by atoms with Crippen molar-refractivity contribution >= 4 is 17.3 Å². The van der Waals surface area contributed by atoms with Crippen LogP contribution in [-0.2, 0) is 16.0 Å². The number of ketones is 1. The van der Waals surface area contributed by atoms with E-state index in [2.05, 4.69) is 51.6 Å². The quantitative estimate of drug-likeness (QED) is 0.213. The van der Waals surface area contributed by atoms with Gasteiger partial charge in [-0.25, -0.2) is 0 Å². The molecular formula is C35H48O5. The average molecular weight is 549 g/mol. The molecule has 0 amide bonds. The summed E-state index contributed by atoms with van der Waals surface area (Å²) in [5.74, 6) is 0.196. The van der Waals surface area contributed by atoms with Gasteiger partial charge in [-0.1, -0.05) is 64.1 Å². The average Bonchev–Trinajstić information content (AvgIpc) is 2.87. The molecule has 0 bridgehead atoms. The topological polar surface area (TPSA) is 72.8 Å². The molecule has 1 aliphatic rings. The van der Waals surface area contributed by atoms with Crippen LogP contribution in [0.25, 0.3) is 5.57 Å². The van der Waals surface area contributed by atoms with Gasteiger partial charge < -0.3 is 14.6 Å². The van der Waals surface area contributed by atoms with E-state index in [-0.39, 0.29) is 29.5 Å². The summed E-state index contributed by atoms with van der Waals surface area (Å²) in [7, 11) is 0. The van der Waals surface area contributed by atoms with E-state index in [0.717, 1.165) is 36.0 Å². The van der Waals surface area contributed by atoms with E-state index in [1.54, 1.807) is 0 Å². The molecule has 0 radical (unpaired) electrons. The van der Waals surface area contributed by atoms with Gasteiger partial charge in [0.2, 0.25) is 0 Å². The molecule has 0 heterocycles. The maximum Gasteiger partial charge on any atom is 0.310 e. The molecule has 0 spiro atoms. The minimum Gasteiger partial charge on any atom is -0.493 e. The second-order valence-corrected chi connectivity index (χ2v) is 12.4. The highest BCUT2D eigenvalue weighted by Gasteiger charge is 2.55. The van der Waals surface area contributed by atoms with Gasteiger partial charge >= 0.3 is 5.97 Å². The van der Waals surface area contributed by atoms with Crippen LogP contribution < -0.4 is 9.47 Å². The fraction of sp³-hybridized carbons (Fsp3) is 0.543. The Morgan fingerprint density at radius 3 is 2.05 bits per heavy atom. The molecule has 3 rings (SSSR count). The van der Waals surface area contributed by atoms with E-state index >= 15 is 0 Å². The molecular weight excluding hydrogens is 500 g/mol. The maximum absolute atomic E-state index is 14.0. The Bertz CT molecular complexity index is 1140. The third kappa shape index (κ3) is 7.56. The van der Waals surface area contributed by atoms with Gasteiger partial charge in [0.05, 0.1) is 24.2 Å². The Hall–Kier alpha value is -3.08. The van der Waals surface area contributed by atoms with E-state index in [4.69, 9.17) is 9.47 Å². The zero-order valence-electron chi connectivity index (χ0n) is 25.3. The highest BCUT2D eigenvalue weighted by atomic mass is 16.5. The van der Waals surface area contributed by atoms with Crippen LogP contribution in [0.1, 0.15) is 103 Å². The van der Waals surface area contributed by atoms with Gasteiger partial charge in [-0.2, -0.15) is 0 Å². The van der Waals surface area contributed by atoms with Crippen LogP contribution in [0.4, 0.5) is 0 Å². The minimum absolute atomic E-state index is 0.0463. The summed E-state index contributed by atoms with van der Waals surface area (Å²) in [6.45, 7) is 17.2. The normalized spacial score (nSPS) is 16.9. The van der Waals surface area contributed by atoms with Gasteiger partial charge in [0, 0.05) is 12.3 Å². The number of rotatable bonds is 16. The van der Waals surface area contributed by atoms with Gasteiger partial charge in [-0.3, -0.25) is 9.59 Å². The zero-order valence-corrected chi connectivity index (χ0v) is 25.3. The van der Waals surface area contributed by atoms with Gasteiger partial charge in [0.25, 0.3) is 0 Å². The summed E-state index contributed by atoms with van der Waals surface area (Å²) in [5.41, 5.74) is 2.96. The number of ether oxygens (including phenoxy) is 2. The minimum atomic E-state index is -0.959. The first-order valence-corrected chi connectivity index (χ1v) is 14.8. The SMILES string of the molecule is C=C(C)c1c(OCC)cc(C(C)C(CCCCc2ccccc2)C(=O)CC2(C(=O)O)CC(C)(C)C2)cc1OCC. The smallest absolute Gasteiger partial charge is 0.310 e. The summed E-state index contributed by atoms with van der Waals surface area (Å²) >= 11 is 0. The van der Waals surface area contributed by atoms with Crippen molar-refractivity contribution in [3.63, 3.8) is 0 Å². The van der Waals surface area contributed by atoms with E-state index in [0.29, 0.717) is 44.0 Å². The number of hydrogen-bond acceptors (Lipinski definition) is 4. The van der Waals surface area contributed by atoms with Crippen LogP contribution in [0.15, 0.2) is 49.0 Å². The van der Waals surface area contributed by atoms with Crippen molar-refractivity contribution in [2.45, 2.75) is 92.4 Å². The van der Waals surface area contributed by atoms with Crippen molar-refractivity contribution in [3.8, 4) is 11.5 Å². The first-order chi connectivity index (χ1) is 18.9. The summed E-state index contributed by atoms with van der Waals surface area (Å²) < 4.78 is 12.0. The predicted molar refractivity (Wildman–Crippen MR) is 162 cm³/mol. The molecule has 1 saturated carbocycles. The van der Waals surface area contributed by atoms with Crippen molar-refractivity contribution in [3.05, 3.63) is 65.7 Å². The van der Waals surface area contributed by atoms with Crippen molar-refractivity contribution < 1.29 is 24.2 Å². The number of aryl methyl sites for hydroxylation is 1. The largest absolute Gasteiger partial charge is 0.493 e. The third-order valence-electron chi connectivity index (χ3n) is 8.33. The number of unbranched alkanes of at least 4 members (excludes halogenated alkanes) is 1. The number of aliphatic carboxylic acids is 1. The Balaban J connectivity index is 1.91. The lowest BCUT2D eigenvalue weighted by Crippen LogP contribution is -2.50. The zero-order chi connectivity index (χ0) is 29.5. The fourth-order valence-corrected chi connectivity index (χ4v) is 6.69. The highest BCUT2D eigenvalue weighted by molar-refractivity contribution is 5.89. The van der Waals surface area contributed by atoms with Gasteiger partial charge in [0.15, 0.2) is 0 Å². The van der Waals surface area contributed by atoms with E-state index in [9.17, 15) is 14.7 Å². The summed E-state index contributed by atoms with van der Waals surface area (Å²) in [6.07, 6.45) is 4.68. The predicted octanol–water partition coefficient (Wildman–Crippen LogP) is 8.50. The maximum atomic E-state index is 14.0. The van der Waals surface area contributed by atoms with Crippen LogP contribution in [0.5, 0.6) is 11.5 Å². The standard InChI is InChI=1S/C35H48O5/c1-8-39-30-19-27(20-31(40-9-2)32(30)24(3)4)25(5)28(18-14-13-17-26-15-11-10-12-16-26)29(36)21-35(33(37)38)22-34(6,7)23-35/h10-12,15-16,19-20,25,28H,3,8-9,13-14,17-18,21-23H2,1-2,4-7H3,(H,37,38). The molecule has 0 aliphatic heterocycles.